The molecule has 2 rings (SSSR count). The van der Waals surface area contributed by atoms with Crippen LogP contribution in [0.25, 0.3) is 0 Å². The van der Waals surface area contributed by atoms with E-state index in [0.29, 0.717) is 15.6 Å². The SMILES string of the molecule is CC1(C)c2c(Br)cnc(F)c2[C@](C)(CCO)N[S+]1[O-]. The molecule has 106 valence electrons. The molecule has 0 spiro atoms. The van der Waals surface area contributed by atoms with E-state index in [4.69, 9.17) is 0 Å². The number of hydrogen-bond donors (Lipinski definition) is 2. The van der Waals surface area contributed by atoms with Crippen LogP contribution in [0.15, 0.2) is 10.7 Å². The summed E-state index contributed by atoms with van der Waals surface area (Å²) in [5.74, 6) is -0.591. The minimum Gasteiger partial charge on any atom is -0.597 e. The average Bonchev–Trinajstić information content (AvgIpc) is 2.30. The molecule has 0 radical (unpaired) electrons. The van der Waals surface area contributed by atoms with Gasteiger partial charge in [0.15, 0.2) is 4.75 Å². The fourth-order valence-electron chi connectivity index (χ4n) is 2.43. The molecular formula is C12H16BrFN2O2S. The quantitative estimate of drug-likeness (QED) is 0.632. The van der Waals surface area contributed by atoms with Crippen molar-refractivity contribution >= 4 is 27.3 Å². The fraction of sp³-hybridized carbons (Fsp3) is 0.583. The second-order valence-corrected chi connectivity index (χ2v) is 7.95. The van der Waals surface area contributed by atoms with Gasteiger partial charge in [-0.05, 0) is 43.1 Å². The Morgan fingerprint density at radius 1 is 1.47 bits per heavy atom. The molecule has 2 N–H and O–H groups in total. The highest BCUT2D eigenvalue weighted by molar-refractivity contribution is 9.10. The standard InChI is InChI=1S/C12H16BrFN2O2S/c1-11(2)8-7(13)6-15-10(14)9(8)12(3,4-5-17)16-19(11)18/h6,16-17H,4-5H2,1-3H3/t12-,19?/m0/s1. The van der Waals surface area contributed by atoms with Crippen LogP contribution < -0.4 is 4.72 Å². The molecule has 1 aromatic rings. The van der Waals surface area contributed by atoms with Gasteiger partial charge in [0.05, 0.1) is 5.54 Å². The number of hydrogen-bond acceptors (Lipinski definition) is 4. The third-order valence-electron chi connectivity index (χ3n) is 3.53. The number of pyridine rings is 1. The lowest BCUT2D eigenvalue weighted by molar-refractivity contribution is 0.228. The molecular weight excluding hydrogens is 335 g/mol. The molecule has 0 amide bonds. The molecule has 1 aromatic heterocycles. The highest BCUT2D eigenvalue weighted by Crippen LogP contribution is 2.46. The maximum Gasteiger partial charge on any atom is 0.218 e. The zero-order chi connectivity index (χ0) is 14.4. The summed E-state index contributed by atoms with van der Waals surface area (Å²) in [5.41, 5.74) is 0.124. The first-order valence-corrected chi connectivity index (χ1v) is 7.84. The Morgan fingerprint density at radius 2 is 2.11 bits per heavy atom. The molecule has 4 nitrogen and oxygen atoms in total. The summed E-state index contributed by atoms with van der Waals surface area (Å²) in [6.45, 7) is 5.17. The Hall–Kier alpha value is -0.210. The minimum absolute atomic E-state index is 0.132. The lowest BCUT2D eigenvalue weighted by Gasteiger charge is -2.44. The molecule has 0 fully saturated rings. The first-order chi connectivity index (χ1) is 8.74. The zero-order valence-corrected chi connectivity index (χ0v) is 13.4. The Labute approximate surface area is 123 Å². The molecule has 0 aromatic carbocycles. The Bertz CT molecular complexity index is 515. The number of halogens is 2. The summed E-state index contributed by atoms with van der Waals surface area (Å²) in [6, 6.07) is 0. The third-order valence-corrected chi connectivity index (χ3v) is 5.90. The van der Waals surface area contributed by atoms with Gasteiger partial charge >= 0.3 is 0 Å². The third kappa shape index (κ3) is 2.31. The molecule has 2 atom stereocenters. The van der Waals surface area contributed by atoms with E-state index in [1.54, 1.807) is 20.8 Å². The van der Waals surface area contributed by atoms with Gasteiger partial charge in [-0.2, -0.15) is 4.39 Å². The highest BCUT2D eigenvalue weighted by atomic mass is 79.9. The van der Waals surface area contributed by atoms with Crippen molar-refractivity contribution in [2.45, 2.75) is 37.5 Å². The van der Waals surface area contributed by atoms with Crippen molar-refractivity contribution in [1.29, 1.82) is 0 Å². The molecule has 0 aliphatic carbocycles. The molecule has 1 unspecified atom stereocenters. The van der Waals surface area contributed by atoms with Crippen molar-refractivity contribution in [2.24, 2.45) is 0 Å². The van der Waals surface area contributed by atoms with Crippen molar-refractivity contribution in [1.82, 2.24) is 9.71 Å². The molecule has 19 heavy (non-hydrogen) atoms. The Balaban J connectivity index is 2.75. The topological polar surface area (TPSA) is 68.2 Å². The molecule has 0 saturated heterocycles. The lowest BCUT2D eigenvalue weighted by atomic mass is 9.83. The molecule has 7 heteroatoms. The van der Waals surface area contributed by atoms with E-state index in [1.807, 2.05) is 0 Å². The summed E-state index contributed by atoms with van der Waals surface area (Å²) < 4.78 is 29.4. The predicted octanol–water partition coefficient (Wildman–Crippen LogP) is 2.08. The summed E-state index contributed by atoms with van der Waals surface area (Å²) in [6.07, 6.45) is 1.65. The monoisotopic (exact) mass is 350 g/mol. The van der Waals surface area contributed by atoms with Crippen LogP contribution in [0.1, 0.15) is 38.3 Å². The maximum atomic E-state index is 14.2. The first kappa shape index (κ1) is 15.2. The average molecular weight is 351 g/mol. The lowest BCUT2D eigenvalue weighted by Crippen LogP contribution is -2.56. The summed E-state index contributed by atoms with van der Waals surface area (Å²) in [4.78, 5) is 3.73. The van der Waals surface area contributed by atoms with Crippen molar-refractivity contribution in [3.63, 3.8) is 0 Å². The van der Waals surface area contributed by atoms with Crippen LogP contribution in [-0.4, -0.2) is 21.3 Å². The second kappa shape index (κ2) is 4.96. The van der Waals surface area contributed by atoms with Gasteiger partial charge in [0.25, 0.3) is 0 Å². The first-order valence-electron chi connectivity index (χ1n) is 5.89. The van der Waals surface area contributed by atoms with Crippen LogP contribution in [0.4, 0.5) is 4.39 Å². The smallest absolute Gasteiger partial charge is 0.218 e. The Kier molecular flexibility index (Phi) is 3.97. The molecule has 0 saturated carbocycles. The van der Waals surface area contributed by atoms with Crippen molar-refractivity contribution < 1.29 is 14.0 Å². The van der Waals surface area contributed by atoms with E-state index in [9.17, 15) is 14.0 Å². The van der Waals surface area contributed by atoms with E-state index in [1.165, 1.54) is 6.20 Å². The van der Waals surface area contributed by atoms with Crippen LogP contribution in [-0.2, 0) is 21.6 Å². The minimum atomic E-state index is -1.39. The highest BCUT2D eigenvalue weighted by Gasteiger charge is 2.52. The number of aromatic nitrogens is 1. The number of nitrogens with one attached hydrogen (secondary N) is 1. The molecule has 0 bridgehead atoms. The van der Waals surface area contributed by atoms with Gasteiger partial charge in [0.2, 0.25) is 5.95 Å². The zero-order valence-electron chi connectivity index (χ0n) is 11.0. The van der Waals surface area contributed by atoms with Gasteiger partial charge in [0.1, 0.15) is 0 Å². The van der Waals surface area contributed by atoms with Crippen LogP contribution in [0.3, 0.4) is 0 Å². The summed E-state index contributed by atoms with van der Waals surface area (Å²) in [7, 11) is 0. The van der Waals surface area contributed by atoms with Gasteiger partial charge in [0, 0.05) is 39.8 Å². The van der Waals surface area contributed by atoms with Crippen LogP contribution in [0.5, 0.6) is 0 Å². The number of fused-ring (bicyclic) bond motifs is 1. The molecule has 1 aliphatic heterocycles. The van der Waals surface area contributed by atoms with Crippen LogP contribution >= 0.6 is 15.9 Å². The Morgan fingerprint density at radius 3 is 2.68 bits per heavy atom. The van der Waals surface area contributed by atoms with Gasteiger partial charge in [-0.15, -0.1) is 4.72 Å². The van der Waals surface area contributed by atoms with Crippen molar-refractivity contribution in [3.8, 4) is 0 Å². The molecule has 1 aliphatic rings. The van der Waals surface area contributed by atoms with E-state index >= 15 is 0 Å². The number of aliphatic hydroxyl groups excluding tert-OH is 1. The number of rotatable bonds is 2. The van der Waals surface area contributed by atoms with Gasteiger partial charge < -0.3 is 9.66 Å². The van der Waals surface area contributed by atoms with Gasteiger partial charge in [-0.1, -0.05) is 0 Å². The van der Waals surface area contributed by atoms with Crippen molar-refractivity contribution in [2.75, 3.05) is 6.61 Å². The number of aliphatic hydroxyl groups is 1. The van der Waals surface area contributed by atoms with Crippen LogP contribution in [0, 0.1) is 5.95 Å². The van der Waals surface area contributed by atoms with E-state index < -0.39 is 27.6 Å². The van der Waals surface area contributed by atoms with Gasteiger partial charge in [-0.25, -0.2) is 4.98 Å². The van der Waals surface area contributed by atoms with Crippen molar-refractivity contribution in [3.05, 3.63) is 27.7 Å². The normalized spacial score (nSPS) is 29.1. The van der Waals surface area contributed by atoms with E-state index in [0.717, 1.165) is 0 Å². The predicted molar refractivity (Wildman–Crippen MR) is 75.3 cm³/mol. The van der Waals surface area contributed by atoms with E-state index in [-0.39, 0.29) is 13.0 Å². The molecule has 2 heterocycles. The largest absolute Gasteiger partial charge is 0.597 e. The number of nitrogens with zero attached hydrogens (tertiary/aromatic N) is 1. The van der Waals surface area contributed by atoms with Crippen LogP contribution in [0.2, 0.25) is 0 Å². The van der Waals surface area contributed by atoms with E-state index in [2.05, 4.69) is 25.6 Å². The fourth-order valence-corrected chi connectivity index (χ4v) is 4.63. The second-order valence-electron chi connectivity index (χ2n) is 5.33. The summed E-state index contributed by atoms with van der Waals surface area (Å²) >= 11 is 1.98. The maximum absolute atomic E-state index is 14.2. The van der Waals surface area contributed by atoms with Gasteiger partial charge in [-0.3, -0.25) is 0 Å². The summed E-state index contributed by atoms with van der Waals surface area (Å²) in [5, 5.41) is 9.19.